The van der Waals surface area contributed by atoms with Crippen molar-refractivity contribution in [1.29, 1.82) is 0 Å². The van der Waals surface area contributed by atoms with Crippen LogP contribution in [0.5, 0.6) is 0 Å². The molecule has 0 saturated carbocycles. The minimum Gasteiger partial charge on any atom is -0.367 e. The van der Waals surface area contributed by atoms with Gasteiger partial charge in [0.15, 0.2) is 5.78 Å². The molecule has 108 valence electrons. The Kier molecular flexibility index (Phi) is 3.92. The van der Waals surface area contributed by atoms with Crippen LogP contribution in [-0.2, 0) is 13.0 Å². The van der Waals surface area contributed by atoms with Crippen LogP contribution < -0.4 is 4.90 Å². The fraction of sp³-hybridized carbons (Fsp3) is 0.235. The van der Waals surface area contributed by atoms with E-state index in [0.717, 1.165) is 30.6 Å². The van der Waals surface area contributed by atoms with Crippen LogP contribution in [0.15, 0.2) is 36.4 Å². The predicted molar refractivity (Wildman–Crippen MR) is 87.7 cm³/mol. The molecule has 0 unspecified atom stereocenters. The minimum atomic E-state index is 0.112. The third kappa shape index (κ3) is 2.92. The van der Waals surface area contributed by atoms with Crippen molar-refractivity contribution in [2.45, 2.75) is 19.9 Å². The summed E-state index contributed by atoms with van der Waals surface area (Å²) in [5, 5.41) is 1.16. The van der Waals surface area contributed by atoms with Crippen LogP contribution in [-0.4, -0.2) is 12.3 Å². The molecule has 0 atom stereocenters. The van der Waals surface area contributed by atoms with Gasteiger partial charge in [0.1, 0.15) is 0 Å². The molecular weight excluding hydrogens is 305 g/mol. The highest BCUT2D eigenvalue weighted by molar-refractivity contribution is 6.42. The maximum atomic E-state index is 11.4. The molecule has 1 heterocycles. The zero-order valence-electron chi connectivity index (χ0n) is 11.7. The summed E-state index contributed by atoms with van der Waals surface area (Å²) in [6, 6.07) is 11.7. The number of nitrogens with zero attached hydrogens (tertiary/aromatic N) is 1. The Balaban J connectivity index is 1.84. The summed E-state index contributed by atoms with van der Waals surface area (Å²) in [6.07, 6.45) is 0.970. The van der Waals surface area contributed by atoms with Crippen molar-refractivity contribution in [2.24, 2.45) is 0 Å². The molecule has 1 aliphatic heterocycles. The maximum Gasteiger partial charge on any atom is 0.159 e. The van der Waals surface area contributed by atoms with E-state index in [0.29, 0.717) is 10.0 Å². The average molecular weight is 320 g/mol. The quantitative estimate of drug-likeness (QED) is 0.760. The summed E-state index contributed by atoms with van der Waals surface area (Å²) in [7, 11) is 0. The van der Waals surface area contributed by atoms with E-state index in [-0.39, 0.29) is 5.78 Å². The first-order valence-corrected chi connectivity index (χ1v) is 7.63. The van der Waals surface area contributed by atoms with Gasteiger partial charge in [0.05, 0.1) is 10.0 Å². The highest BCUT2D eigenvalue weighted by Gasteiger charge is 2.20. The van der Waals surface area contributed by atoms with Gasteiger partial charge in [0.25, 0.3) is 0 Å². The molecule has 2 aromatic carbocycles. The van der Waals surface area contributed by atoms with Gasteiger partial charge in [-0.25, -0.2) is 0 Å². The maximum absolute atomic E-state index is 11.4. The van der Waals surface area contributed by atoms with Crippen LogP contribution >= 0.6 is 23.2 Å². The van der Waals surface area contributed by atoms with Crippen molar-refractivity contribution < 1.29 is 4.79 Å². The standard InChI is InChI=1S/C17H15Cl2NO/c1-11(21)13-3-5-17-14(9-13)6-7-20(17)10-12-2-4-15(18)16(19)8-12/h2-5,8-9H,6-7,10H2,1H3. The van der Waals surface area contributed by atoms with Crippen molar-refractivity contribution >= 4 is 34.7 Å². The number of ketones is 1. The molecule has 21 heavy (non-hydrogen) atoms. The Labute approximate surface area is 134 Å². The van der Waals surface area contributed by atoms with Crippen molar-refractivity contribution in [3.63, 3.8) is 0 Å². The van der Waals surface area contributed by atoms with Gasteiger partial charge in [-0.05, 0) is 54.8 Å². The lowest BCUT2D eigenvalue weighted by molar-refractivity contribution is 0.101. The van der Waals surface area contributed by atoms with Gasteiger partial charge in [-0.2, -0.15) is 0 Å². The molecule has 0 bridgehead atoms. The normalized spacial score (nSPS) is 13.4. The van der Waals surface area contributed by atoms with E-state index >= 15 is 0 Å². The van der Waals surface area contributed by atoms with E-state index in [9.17, 15) is 4.79 Å². The highest BCUT2D eigenvalue weighted by atomic mass is 35.5. The Hall–Kier alpha value is -1.51. The molecule has 0 saturated heterocycles. The van der Waals surface area contributed by atoms with Gasteiger partial charge in [0.2, 0.25) is 0 Å². The summed E-state index contributed by atoms with van der Waals surface area (Å²) < 4.78 is 0. The van der Waals surface area contributed by atoms with E-state index in [1.165, 1.54) is 11.3 Å². The van der Waals surface area contributed by atoms with Crippen LogP contribution in [0, 0.1) is 0 Å². The minimum absolute atomic E-state index is 0.112. The molecule has 0 aromatic heterocycles. The van der Waals surface area contributed by atoms with Gasteiger partial charge >= 0.3 is 0 Å². The molecule has 4 heteroatoms. The number of rotatable bonds is 3. The van der Waals surface area contributed by atoms with Crippen molar-refractivity contribution in [3.05, 3.63) is 63.1 Å². The molecule has 0 aliphatic carbocycles. The largest absolute Gasteiger partial charge is 0.367 e. The molecule has 3 rings (SSSR count). The third-order valence-corrected chi connectivity index (χ3v) is 4.57. The van der Waals surface area contributed by atoms with Crippen LogP contribution in [0.25, 0.3) is 0 Å². The molecule has 0 N–H and O–H groups in total. The van der Waals surface area contributed by atoms with Crippen LogP contribution in [0.4, 0.5) is 5.69 Å². The first-order chi connectivity index (χ1) is 10.0. The van der Waals surface area contributed by atoms with Gasteiger partial charge in [-0.1, -0.05) is 29.3 Å². The summed E-state index contributed by atoms with van der Waals surface area (Å²) in [4.78, 5) is 13.8. The smallest absolute Gasteiger partial charge is 0.159 e. The fourth-order valence-electron chi connectivity index (χ4n) is 2.71. The topological polar surface area (TPSA) is 20.3 Å². The monoisotopic (exact) mass is 319 g/mol. The fourth-order valence-corrected chi connectivity index (χ4v) is 3.03. The first kappa shape index (κ1) is 14.4. The molecule has 1 aliphatic rings. The number of Topliss-reactive ketones (excluding diaryl/α,β-unsaturated/α-hetero) is 1. The van der Waals surface area contributed by atoms with Gasteiger partial charge in [0, 0.05) is 24.3 Å². The molecule has 2 nitrogen and oxygen atoms in total. The summed E-state index contributed by atoms with van der Waals surface area (Å²) in [6.45, 7) is 3.35. The number of benzene rings is 2. The summed E-state index contributed by atoms with van der Waals surface area (Å²) >= 11 is 12.0. The third-order valence-electron chi connectivity index (χ3n) is 3.84. The summed E-state index contributed by atoms with van der Waals surface area (Å²) in [5.41, 5.74) is 4.35. The molecular formula is C17H15Cl2NO. The van der Waals surface area contributed by atoms with Gasteiger partial charge in [-0.15, -0.1) is 0 Å². The van der Waals surface area contributed by atoms with Crippen LogP contribution in [0.1, 0.15) is 28.4 Å². The van der Waals surface area contributed by atoms with E-state index in [2.05, 4.69) is 4.90 Å². The van der Waals surface area contributed by atoms with Crippen molar-refractivity contribution in [1.82, 2.24) is 0 Å². The molecule has 2 aromatic rings. The second-order valence-corrected chi connectivity index (χ2v) is 6.13. The predicted octanol–water partition coefficient (Wildman–Crippen LogP) is 4.76. The van der Waals surface area contributed by atoms with Gasteiger partial charge in [-0.3, -0.25) is 4.79 Å². The lowest BCUT2D eigenvalue weighted by atomic mass is 10.1. The number of fused-ring (bicyclic) bond motifs is 1. The Morgan fingerprint density at radius 2 is 1.95 bits per heavy atom. The Morgan fingerprint density at radius 1 is 1.14 bits per heavy atom. The number of anilines is 1. The van der Waals surface area contributed by atoms with Crippen LogP contribution in [0.2, 0.25) is 10.0 Å². The summed E-state index contributed by atoms with van der Waals surface area (Å²) in [5.74, 6) is 0.112. The number of carbonyl (C=O) groups excluding carboxylic acids is 1. The van der Waals surface area contributed by atoms with Gasteiger partial charge < -0.3 is 4.90 Å². The van der Waals surface area contributed by atoms with Crippen molar-refractivity contribution in [2.75, 3.05) is 11.4 Å². The Morgan fingerprint density at radius 3 is 2.67 bits per heavy atom. The molecule has 0 amide bonds. The van der Waals surface area contributed by atoms with E-state index < -0.39 is 0 Å². The Bertz CT molecular complexity index is 712. The van der Waals surface area contributed by atoms with E-state index in [4.69, 9.17) is 23.2 Å². The second-order valence-electron chi connectivity index (χ2n) is 5.32. The van der Waals surface area contributed by atoms with E-state index in [1.54, 1.807) is 6.92 Å². The van der Waals surface area contributed by atoms with Crippen molar-refractivity contribution in [3.8, 4) is 0 Å². The number of hydrogen-bond donors (Lipinski definition) is 0. The zero-order valence-corrected chi connectivity index (χ0v) is 13.2. The van der Waals surface area contributed by atoms with Crippen LogP contribution in [0.3, 0.4) is 0 Å². The second kappa shape index (κ2) is 5.70. The number of hydrogen-bond acceptors (Lipinski definition) is 2. The lowest BCUT2D eigenvalue weighted by Gasteiger charge is -2.20. The van der Waals surface area contributed by atoms with E-state index in [1.807, 2.05) is 36.4 Å². The highest BCUT2D eigenvalue weighted by Crippen LogP contribution is 2.31. The number of carbonyl (C=O) groups is 1. The molecule has 0 fully saturated rings. The SMILES string of the molecule is CC(=O)c1ccc2c(c1)CCN2Cc1ccc(Cl)c(Cl)c1. The zero-order chi connectivity index (χ0) is 15.0. The molecule has 0 radical (unpaired) electrons. The molecule has 0 spiro atoms. The average Bonchev–Trinajstić information content (AvgIpc) is 2.85. The first-order valence-electron chi connectivity index (χ1n) is 6.87. The number of halogens is 2. The lowest BCUT2D eigenvalue weighted by Crippen LogP contribution is -2.19.